The first-order chi connectivity index (χ1) is 13.4. The van der Waals surface area contributed by atoms with Crippen molar-refractivity contribution >= 4 is 0 Å². The van der Waals surface area contributed by atoms with Crippen LogP contribution in [0.25, 0.3) is 11.3 Å². The predicted molar refractivity (Wildman–Crippen MR) is 88.7 cm³/mol. The summed E-state index contributed by atoms with van der Waals surface area (Å²) in [6.07, 6.45) is 0.245. The van der Waals surface area contributed by atoms with E-state index in [-0.39, 0.29) is 12.1 Å². The molecule has 3 heterocycles. The van der Waals surface area contributed by atoms with E-state index in [1.54, 1.807) is 0 Å². The van der Waals surface area contributed by atoms with E-state index in [4.69, 9.17) is 4.52 Å². The van der Waals surface area contributed by atoms with Crippen LogP contribution in [-0.4, -0.2) is 37.7 Å². The third kappa shape index (κ3) is 4.35. The molecule has 0 unspecified atom stereocenters. The third-order valence-electron chi connectivity index (χ3n) is 4.03. The van der Waals surface area contributed by atoms with Crippen molar-refractivity contribution in [3.63, 3.8) is 0 Å². The largest absolute Gasteiger partial charge is 0.454 e. The first-order valence-electron chi connectivity index (χ1n) is 8.43. The van der Waals surface area contributed by atoms with Crippen LogP contribution in [0, 0.1) is 0 Å². The average Bonchev–Trinajstić information content (AvgIpc) is 3.41. The van der Waals surface area contributed by atoms with Crippen LogP contribution in [0.2, 0.25) is 0 Å². The van der Waals surface area contributed by atoms with E-state index in [1.165, 1.54) is 29.2 Å². The quantitative estimate of drug-likeness (QED) is 0.635. The summed E-state index contributed by atoms with van der Waals surface area (Å²) in [6, 6.07) is 4.22. The number of nitrogens with zero attached hydrogens (tertiary/aromatic N) is 5. The van der Waals surface area contributed by atoms with Crippen LogP contribution in [-0.2, 0) is 6.54 Å². The van der Waals surface area contributed by atoms with Gasteiger partial charge < -0.3 is 9.26 Å². The molecule has 0 atom stereocenters. The molecule has 1 saturated carbocycles. The fourth-order valence-corrected chi connectivity index (χ4v) is 2.51. The lowest BCUT2D eigenvalue weighted by Gasteiger charge is -2.08. The monoisotopic (exact) mass is 393 g/mol. The highest BCUT2D eigenvalue weighted by molar-refractivity contribution is 5.55. The van der Waals surface area contributed by atoms with E-state index in [1.807, 2.05) is 6.07 Å². The Hall–Kier alpha value is -3.24. The second kappa shape index (κ2) is 7.06. The number of hydrogen-bond donors (Lipinski definition) is 0. The van der Waals surface area contributed by atoms with E-state index in [9.17, 15) is 18.0 Å². The standard InChI is InChI=1S/C17H14F3N5O3/c18-17(19,20)9-27-16-21-6-11(7-22-16)13-3-4-15(26)25(23-13)8-12-5-14(24-28-12)10-1-2-10/h3-7,10H,1-2,8-9H2. The summed E-state index contributed by atoms with van der Waals surface area (Å²) in [6.45, 7) is -1.37. The Kier molecular flexibility index (Phi) is 4.57. The van der Waals surface area contributed by atoms with Gasteiger partial charge in [-0.25, -0.2) is 14.6 Å². The minimum atomic E-state index is -4.47. The minimum absolute atomic E-state index is 0.111. The van der Waals surface area contributed by atoms with E-state index in [2.05, 4.69) is 25.0 Å². The molecule has 0 saturated heterocycles. The molecule has 0 radical (unpaired) electrons. The highest BCUT2D eigenvalue weighted by atomic mass is 19.4. The van der Waals surface area contributed by atoms with Crippen molar-refractivity contribution in [3.8, 4) is 17.3 Å². The lowest BCUT2D eigenvalue weighted by atomic mass is 10.2. The van der Waals surface area contributed by atoms with Gasteiger partial charge in [-0.05, 0) is 18.9 Å². The van der Waals surface area contributed by atoms with Crippen LogP contribution in [0.3, 0.4) is 0 Å². The van der Waals surface area contributed by atoms with Gasteiger partial charge in [-0.1, -0.05) is 5.16 Å². The summed E-state index contributed by atoms with van der Waals surface area (Å²) in [7, 11) is 0. The molecule has 0 spiro atoms. The molecule has 0 aromatic carbocycles. The third-order valence-corrected chi connectivity index (χ3v) is 4.03. The Bertz CT molecular complexity index is 1030. The van der Waals surface area contributed by atoms with Gasteiger partial charge in [-0.2, -0.15) is 18.3 Å². The van der Waals surface area contributed by atoms with Crippen LogP contribution in [0.1, 0.15) is 30.2 Å². The zero-order valence-corrected chi connectivity index (χ0v) is 14.4. The average molecular weight is 393 g/mol. The lowest BCUT2D eigenvalue weighted by molar-refractivity contribution is -0.154. The Morgan fingerprint density at radius 2 is 1.96 bits per heavy atom. The number of hydrogen-bond acceptors (Lipinski definition) is 7. The minimum Gasteiger partial charge on any atom is -0.454 e. The summed E-state index contributed by atoms with van der Waals surface area (Å²) in [5, 5.41) is 8.23. The van der Waals surface area contributed by atoms with Crippen LogP contribution >= 0.6 is 0 Å². The normalized spacial score (nSPS) is 14.2. The Morgan fingerprint density at radius 3 is 2.64 bits per heavy atom. The number of halogens is 3. The van der Waals surface area contributed by atoms with E-state index in [0.717, 1.165) is 18.5 Å². The van der Waals surface area contributed by atoms with E-state index in [0.29, 0.717) is 22.9 Å². The topological polar surface area (TPSA) is 95.9 Å². The van der Waals surface area contributed by atoms with Crippen LogP contribution in [0.4, 0.5) is 13.2 Å². The van der Waals surface area contributed by atoms with Gasteiger partial charge in [-0.15, -0.1) is 0 Å². The van der Waals surface area contributed by atoms with Gasteiger partial charge in [0.2, 0.25) is 0 Å². The van der Waals surface area contributed by atoms with Gasteiger partial charge in [0, 0.05) is 36.0 Å². The lowest BCUT2D eigenvalue weighted by Crippen LogP contribution is -2.22. The predicted octanol–water partition coefficient (Wildman–Crippen LogP) is 2.56. The Labute approximate surface area is 156 Å². The Balaban J connectivity index is 1.50. The molecule has 0 amide bonds. The van der Waals surface area contributed by atoms with E-state index >= 15 is 0 Å². The molecule has 8 nitrogen and oxygen atoms in total. The molecule has 28 heavy (non-hydrogen) atoms. The van der Waals surface area contributed by atoms with Gasteiger partial charge >= 0.3 is 12.2 Å². The van der Waals surface area contributed by atoms with Crippen molar-refractivity contribution in [2.75, 3.05) is 6.61 Å². The van der Waals surface area contributed by atoms with Crippen molar-refractivity contribution in [3.05, 3.63) is 52.4 Å². The fraction of sp³-hybridized carbons (Fsp3) is 0.353. The van der Waals surface area contributed by atoms with Gasteiger partial charge in [0.1, 0.15) is 6.54 Å². The molecule has 1 fully saturated rings. The van der Waals surface area contributed by atoms with Crippen LogP contribution in [0.5, 0.6) is 6.01 Å². The SMILES string of the molecule is O=c1ccc(-c2cnc(OCC(F)(F)F)nc2)nn1Cc1cc(C2CC2)no1. The number of ether oxygens (including phenoxy) is 1. The van der Waals surface area contributed by atoms with Gasteiger partial charge in [-0.3, -0.25) is 4.79 Å². The molecule has 3 aromatic heterocycles. The molecule has 4 rings (SSSR count). The highest BCUT2D eigenvalue weighted by Gasteiger charge is 2.29. The zero-order valence-electron chi connectivity index (χ0n) is 14.4. The molecular weight excluding hydrogens is 379 g/mol. The van der Waals surface area contributed by atoms with Crippen molar-refractivity contribution in [1.29, 1.82) is 0 Å². The second-order valence-electron chi connectivity index (χ2n) is 6.36. The molecule has 0 aliphatic heterocycles. The van der Waals surface area contributed by atoms with Crippen LogP contribution < -0.4 is 10.3 Å². The molecule has 146 valence electrons. The van der Waals surface area contributed by atoms with Crippen molar-refractivity contribution < 1.29 is 22.4 Å². The summed E-state index contributed by atoms with van der Waals surface area (Å²) in [5.41, 5.74) is 1.34. The molecule has 0 N–H and O–H groups in total. The first-order valence-corrected chi connectivity index (χ1v) is 8.43. The second-order valence-corrected chi connectivity index (χ2v) is 6.36. The number of aromatic nitrogens is 5. The smallest absolute Gasteiger partial charge is 0.422 e. The maximum absolute atomic E-state index is 12.2. The zero-order chi connectivity index (χ0) is 19.7. The van der Waals surface area contributed by atoms with Gasteiger partial charge in [0.25, 0.3) is 5.56 Å². The van der Waals surface area contributed by atoms with Crippen molar-refractivity contribution in [2.45, 2.75) is 31.5 Å². The van der Waals surface area contributed by atoms with Gasteiger partial charge in [0.15, 0.2) is 12.4 Å². The number of alkyl halides is 3. The molecule has 0 bridgehead atoms. The van der Waals surface area contributed by atoms with E-state index < -0.39 is 18.8 Å². The number of rotatable bonds is 6. The fourth-order valence-electron chi connectivity index (χ4n) is 2.51. The Morgan fingerprint density at radius 1 is 1.21 bits per heavy atom. The summed E-state index contributed by atoms with van der Waals surface area (Å²) < 4.78 is 47.4. The highest BCUT2D eigenvalue weighted by Crippen LogP contribution is 2.39. The van der Waals surface area contributed by atoms with Crippen molar-refractivity contribution in [1.82, 2.24) is 24.9 Å². The first kappa shape index (κ1) is 18.1. The summed E-state index contributed by atoms with van der Waals surface area (Å²) >= 11 is 0. The maximum Gasteiger partial charge on any atom is 0.422 e. The molecular formula is C17H14F3N5O3. The maximum atomic E-state index is 12.2. The molecule has 1 aliphatic rings. The van der Waals surface area contributed by atoms with Crippen LogP contribution in [0.15, 0.2) is 39.9 Å². The summed E-state index contributed by atoms with van der Waals surface area (Å²) in [5.74, 6) is 0.949. The molecule has 11 heteroatoms. The summed E-state index contributed by atoms with van der Waals surface area (Å²) in [4.78, 5) is 19.5. The molecule has 1 aliphatic carbocycles. The van der Waals surface area contributed by atoms with Gasteiger partial charge in [0.05, 0.1) is 11.4 Å². The molecule has 3 aromatic rings. The van der Waals surface area contributed by atoms with Crippen molar-refractivity contribution in [2.24, 2.45) is 0 Å².